The summed E-state index contributed by atoms with van der Waals surface area (Å²) >= 11 is 0. The molecule has 4 heteroatoms. The number of amides is 1. The summed E-state index contributed by atoms with van der Waals surface area (Å²) in [5.74, 6) is 2.10. The Hall–Kier alpha value is -0.770. The first-order valence-corrected chi connectivity index (χ1v) is 9.31. The van der Waals surface area contributed by atoms with Crippen molar-refractivity contribution in [3.63, 3.8) is 0 Å². The summed E-state index contributed by atoms with van der Waals surface area (Å²) < 4.78 is 5.37. The van der Waals surface area contributed by atoms with Gasteiger partial charge in [-0.1, -0.05) is 27.7 Å². The van der Waals surface area contributed by atoms with Gasteiger partial charge >= 0.3 is 6.09 Å². The van der Waals surface area contributed by atoms with Crippen LogP contribution >= 0.6 is 0 Å². The predicted molar refractivity (Wildman–Crippen MR) is 96.6 cm³/mol. The van der Waals surface area contributed by atoms with Crippen molar-refractivity contribution in [2.45, 2.75) is 91.8 Å². The molecule has 2 N–H and O–H groups in total. The Morgan fingerprint density at radius 1 is 1.09 bits per heavy atom. The number of ether oxygens (including phenoxy) is 1. The molecule has 0 spiro atoms. The smallest absolute Gasteiger partial charge is 0.407 e. The third kappa shape index (κ3) is 8.05. The minimum atomic E-state index is -0.432. The molecule has 1 aliphatic rings. The van der Waals surface area contributed by atoms with Gasteiger partial charge in [-0.05, 0) is 70.8 Å². The zero-order valence-electron chi connectivity index (χ0n) is 16.2. The number of hydrogen-bond acceptors (Lipinski definition) is 3. The van der Waals surface area contributed by atoms with Gasteiger partial charge in [-0.25, -0.2) is 4.79 Å². The lowest BCUT2D eigenvalue weighted by atomic mass is 9.84. The highest BCUT2D eigenvalue weighted by Crippen LogP contribution is 2.23. The lowest BCUT2D eigenvalue weighted by molar-refractivity contribution is 0.0488. The maximum Gasteiger partial charge on any atom is 0.407 e. The van der Waals surface area contributed by atoms with Crippen molar-refractivity contribution in [2.24, 2.45) is 17.8 Å². The second kappa shape index (κ2) is 8.91. The Labute approximate surface area is 143 Å². The zero-order chi connectivity index (χ0) is 17.6. The monoisotopic (exact) mass is 326 g/mol. The second-order valence-electron chi connectivity index (χ2n) is 8.77. The Kier molecular flexibility index (Phi) is 7.85. The molecular weight excluding hydrogens is 288 g/mol. The largest absolute Gasteiger partial charge is 0.444 e. The maximum atomic E-state index is 11.9. The summed E-state index contributed by atoms with van der Waals surface area (Å²) in [6.07, 6.45) is 4.13. The van der Waals surface area contributed by atoms with E-state index in [1.165, 1.54) is 6.42 Å². The molecule has 2 unspecified atom stereocenters. The minimum absolute atomic E-state index is 0.229. The molecule has 0 saturated heterocycles. The molecule has 23 heavy (non-hydrogen) atoms. The second-order valence-corrected chi connectivity index (χ2v) is 8.77. The van der Waals surface area contributed by atoms with Crippen LogP contribution in [0.15, 0.2) is 0 Å². The SMILES string of the molecule is CC(C)C(CNC1CCCC(NC(=O)OC(C)(C)C)C1)C(C)C. The van der Waals surface area contributed by atoms with E-state index in [9.17, 15) is 4.79 Å². The van der Waals surface area contributed by atoms with Gasteiger partial charge in [-0.3, -0.25) is 0 Å². The van der Waals surface area contributed by atoms with Gasteiger partial charge in [-0.15, -0.1) is 0 Å². The average molecular weight is 327 g/mol. The Morgan fingerprint density at radius 3 is 2.17 bits per heavy atom. The number of carbonyl (C=O) groups is 1. The standard InChI is InChI=1S/C19H38N2O2/c1-13(2)17(14(3)4)12-20-15-9-8-10-16(11-15)21-18(22)23-19(5,6)7/h13-17,20H,8-12H2,1-7H3,(H,21,22). The Bertz CT molecular complexity index is 353. The molecule has 0 aliphatic heterocycles. The van der Waals surface area contributed by atoms with Crippen LogP contribution < -0.4 is 10.6 Å². The van der Waals surface area contributed by atoms with Gasteiger partial charge in [0.2, 0.25) is 0 Å². The fourth-order valence-electron chi connectivity index (χ4n) is 3.52. The summed E-state index contributed by atoms with van der Waals surface area (Å²) in [4.78, 5) is 11.9. The quantitative estimate of drug-likeness (QED) is 0.763. The highest BCUT2D eigenvalue weighted by atomic mass is 16.6. The fourth-order valence-corrected chi connectivity index (χ4v) is 3.52. The van der Waals surface area contributed by atoms with Crippen molar-refractivity contribution >= 4 is 6.09 Å². The third-order valence-electron chi connectivity index (χ3n) is 4.75. The van der Waals surface area contributed by atoms with Gasteiger partial charge in [-0.2, -0.15) is 0 Å². The number of carbonyl (C=O) groups excluding carboxylic acids is 1. The van der Waals surface area contributed by atoms with E-state index in [0.717, 1.165) is 25.8 Å². The number of alkyl carbamates (subject to hydrolysis) is 1. The third-order valence-corrected chi connectivity index (χ3v) is 4.75. The van der Waals surface area contributed by atoms with Crippen LogP contribution in [0, 0.1) is 17.8 Å². The van der Waals surface area contributed by atoms with Crippen LogP contribution in [0.5, 0.6) is 0 Å². The Morgan fingerprint density at radius 2 is 1.65 bits per heavy atom. The fraction of sp³-hybridized carbons (Fsp3) is 0.947. The molecule has 136 valence electrons. The molecule has 1 fully saturated rings. The average Bonchev–Trinajstić information content (AvgIpc) is 2.35. The summed E-state index contributed by atoms with van der Waals surface area (Å²) in [5.41, 5.74) is -0.432. The van der Waals surface area contributed by atoms with Gasteiger partial charge in [0.1, 0.15) is 5.60 Å². The highest BCUT2D eigenvalue weighted by molar-refractivity contribution is 5.68. The molecule has 0 bridgehead atoms. The Balaban J connectivity index is 2.41. The first-order chi connectivity index (χ1) is 10.6. The van der Waals surface area contributed by atoms with Gasteiger partial charge in [0.05, 0.1) is 0 Å². The molecule has 1 saturated carbocycles. The van der Waals surface area contributed by atoms with Crippen LogP contribution in [0.4, 0.5) is 4.79 Å². The molecule has 2 atom stereocenters. The van der Waals surface area contributed by atoms with Crippen molar-refractivity contribution in [1.29, 1.82) is 0 Å². The highest BCUT2D eigenvalue weighted by Gasteiger charge is 2.26. The summed E-state index contributed by atoms with van der Waals surface area (Å²) in [6.45, 7) is 16.0. The van der Waals surface area contributed by atoms with Crippen LogP contribution in [0.2, 0.25) is 0 Å². The first-order valence-electron chi connectivity index (χ1n) is 9.31. The summed E-state index contributed by atoms with van der Waals surface area (Å²) in [6, 6.07) is 0.733. The van der Waals surface area contributed by atoms with Crippen LogP contribution in [-0.2, 0) is 4.74 Å². The summed E-state index contributed by atoms with van der Waals surface area (Å²) in [5, 5.41) is 6.78. The van der Waals surface area contributed by atoms with E-state index in [-0.39, 0.29) is 12.1 Å². The molecule has 1 aliphatic carbocycles. The zero-order valence-corrected chi connectivity index (χ0v) is 16.2. The van der Waals surface area contributed by atoms with Gasteiger partial charge in [0, 0.05) is 12.1 Å². The molecule has 0 radical (unpaired) electrons. The number of nitrogens with one attached hydrogen (secondary N) is 2. The molecule has 0 heterocycles. The van der Waals surface area contributed by atoms with Crippen molar-refractivity contribution in [2.75, 3.05) is 6.54 Å². The minimum Gasteiger partial charge on any atom is -0.444 e. The van der Waals surface area contributed by atoms with E-state index < -0.39 is 5.60 Å². The molecule has 4 nitrogen and oxygen atoms in total. The summed E-state index contributed by atoms with van der Waals surface area (Å²) in [7, 11) is 0. The molecular formula is C19H38N2O2. The topological polar surface area (TPSA) is 50.4 Å². The van der Waals surface area contributed by atoms with Crippen LogP contribution in [0.1, 0.15) is 74.1 Å². The van der Waals surface area contributed by atoms with E-state index in [0.29, 0.717) is 23.8 Å². The number of rotatable bonds is 6. The van der Waals surface area contributed by atoms with Gasteiger partial charge < -0.3 is 15.4 Å². The molecule has 0 aromatic rings. The molecule has 0 aromatic carbocycles. The van der Waals surface area contributed by atoms with Crippen molar-refractivity contribution < 1.29 is 9.53 Å². The molecule has 0 aromatic heterocycles. The van der Waals surface area contributed by atoms with E-state index in [4.69, 9.17) is 4.74 Å². The van der Waals surface area contributed by atoms with Crippen LogP contribution in [-0.4, -0.2) is 30.3 Å². The number of hydrogen-bond donors (Lipinski definition) is 2. The molecule has 1 amide bonds. The molecule has 1 rings (SSSR count). The van der Waals surface area contributed by atoms with E-state index in [1.807, 2.05) is 20.8 Å². The normalized spacial score (nSPS) is 22.7. The lowest BCUT2D eigenvalue weighted by Crippen LogP contribution is -2.47. The van der Waals surface area contributed by atoms with Crippen molar-refractivity contribution in [3.05, 3.63) is 0 Å². The van der Waals surface area contributed by atoms with Crippen LogP contribution in [0.25, 0.3) is 0 Å². The van der Waals surface area contributed by atoms with Gasteiger partial charge in [0.25, 0.3) is 0 Å². The van der Waals surface area contributed by atoms with Crippen molar-refractivity contribution in [3.8, 4) is 0 Å². The predicted octanol–water partition coefficient (Wildman–Crippen LogP) is 4.34. The lowest BCUT2D eigenvalue weighted by Gasteiger charge is -2.33. The first kappa shape index (κ1) is 20.3. The maximum absolute atomic E-state index is 11.9. The van der Waals surface area contributed by atoms with Gasteiger partial charge in [0.15, 0.2) is 0 Å². The van der Waals surface area contributed by atoms with E-state index in [1.54, 1.807) is 0 Å². The van der Waals surface area contributed by atoms with E-state index in [2.05, 4.69) is 38.3 Å². The van der Waals surface area contributed by atoms with Crippen LogP contribution in [0.3, 0.4) is 0 Å². The van der Waals surface area contributed by atoms with Crippen molar-refractivity contribution in [1.82, 2.24) is 10.6 Å². The van der Waals surface area contributed by atoms with E-state index >= 15 is 0 Å².